The number of ether oxygens (including phenoxy) is 1. The molecule has 0 amide bonds. The van der Waals surface area contributed by atoms with E-state index in [-0.39, 0.29) is 18.1 Å². The van der Waals surface area contributed by atoms with Crippen molar-refractivity contribution < 1.29 is 18.4 Å². The van der Waals surface area contributed by atoms with Gasteiger partial charge in [0.05, 0.1) is 0 Å². The molecule has 2 N–H and O–H groups in total. The first-order valence-electron chi connectivity index (χ1n) is 5.93. The Morgan fingerprint density at radius 2 is 1.90 bits per heavy atom. The summed E-state index contributed by atoms with van der Waals surface area (Å²) in [6.07, 6.45) is 1.43. The maximum Gasteiger partial charge on any atom is 0.210 e. The van der Waals surface area contributed by atoms with Crippen molar-refractivity contribution in [3.63, 3.8) is 0 Å². The summed E-state index contributed by atoms with van der Waals surface area (Å²) in [5, 5.41) is 0. The molecule has 0 aromatic heterocycles. The third-order valence-corrected chi connectivity index (χ3v) is 3.33. The van der Waals surface area contributed by atoms with Crippen LogP contribution in [-0.2, 0) is 6.61 Å². The molecular weight excluding hydrogens is 264 g/mol. The molecule has 0 radical (unpaired) electrons. The van der Waals surface area contributed by atoms with Gasteiger partial charge in [-0.3, -0.25) is 0 Å². The summed E-state index contributed by atoms with van der Waals surface area (Å²) in [5.41, 5.74) is 1.84. The quantitative estimate of drug-likeness (QED) is 0.854. The third kappa shape index (κ3) is 1.67. The first kappa shape index (κ1) is 12.6. The molecule has 2 aromatic rings. The van der Waals surface area contributed by atoms with Crippen molar-refractivity contribution in [3.05, 3.63) is 53.6 Å². The fraction of sp³-hybridized carbons (Fsp3) is 0.0667. The second-order valence-electron chi connectivity index (χ2n) is 4.36. The van der Waals surface area contributed by atoms with E-state index in [0.29, 0.717) is 22.3 Å². The molecule has 0 bridgehead atoms. The van der Waals surface area contributed by atoms with Crippen molar-refractivity contribution in [1.29, 1.82) is 0 Å². The maximum atomic E-state index is 14.2. The van der Waals surface area contributed by atoms with Gasteiger partial charge < -0.3 is 9.57 Å². The molecular formula is C15H11F2NO2. The van der Waals surface area contributed by atoms with Gasteiger partial charge in [-0.2, -0.15) is 10.3 Å². The van der Waals surface area contributed by atoms with Crippen LogP contribution in [0.1, 0.15) is 11.1 Å². The SMILES string of the molecule is C=Cc1ccc2c(c1F)COc1c-2ccc(ON)c1F. The van der Waals surface area contributed by atoms with Crippen molar-refractivity contribution in [2.45, 2.75) is 6.61 Å². The summed E-state index contributed by atoms with van der Waals surface area (Å²) in [4.78, 5) is 4.42. The summed E-state index contributed by atoms with van der Waals surface area (Å²) in [7, 11) is 0. The van der Waals surface area contributed by atoms with Crippen LogP contribution in [0.25, 0.3) is 17.2 Å². The van der Waals surface area contributed by atoms with Gasteiger partial charge in [0.25, 0.3) is 0 Å². The molecule has 0 unspecified atom stereocenters. The highest BCUT2D eigenvalue weighted by Crippen LogP contribution is 2.43. The highest BCUT2D eigenvalue weighted by molar-refractivity contribution is 5.77. The van der Waals surface area contributed by atoms with Crippen molar-refractivity contribution in [2.75, 3.05) is 0 Å². The summed E-state index contributed by atoms with van der Waals surface area (Å²) in [5.74, 6) is 3.79. The van der Waals surface area contributed by atoms with E-state index in [1.807, 2.05) is 0 Å². The van der Waals surface area contributed by atoms with Crippen LogP contribution < -0.4 is 15.5 Å². The van der Waals surface area contributed by atoms with E-state index in [0.717, 1.165) is 0 Å². The predicted octanol–water partition coefficient (Wildman–Crippen LogP) is 3.42. The number of hydrogen-bond acceptors (Lipinski definition) is 3. The molecule has 1 aliphatic rings. The first-order valence-corrected chi connectivity index (χ1v) is 5.93. The van der Waals surface area contributed by atoms with E-state index in [4.69, 9.17) is 10.6 Å². The van der Waals surface area contributed by atoms with Crippen LogP contribution in [0.2, 0.25) is 0 Å². The summed E-state index contributed by atoms with van der Waals surface area (Å²) in [6, 6.07) is 6.29. The molecule has 1 aliphatic heterocycles. The molecule has 2 aromatic carbocycles. The van der Waals surface area contributed by atoms with E-state index in [2.05, 4.69) is 11.4 Å². The van der Waals surface area contributed by atoms with Gasteiger partial charge in [-0.25, -0.2) is 4.39 Å². The van der Waals surface area contributed by atoms with Gasteiger partial charge in [0.2, 0.25) is 5.82 Å². The minimum absolute atomic E-state index is 0.0196. The summed E-state index contributed by atoms with van der Waals surface area (Å²) >= 11 is 0. The van der Waals surface area contributed by atoms with E-state index in [1.165, 1.54) is 12.1 Å². The highest BCUT2D eigenvalue weighted by Gasteiger charge is 2.26. The smallest absolute Gasteiger partial charge is 0.210 e. The average Bonchev–Trinajstić information content (AvgIpc) is 2.48. The van der Waals surface area contributed by atoms with Crippen molar-refractivity contribution in [2.24, 2.45) is 5.90 Å². The lowest BCUT2D eigenvalue weighted by Gasteiger charge is -2.22. The number of rotatable bonds is 2. The minimum atomic E-state index is -0.691. The minimum Gasteiger partial charge on any atom is -0.485 e. The van der Waals surface area contributed by atoms with E-state index in [1.54, 1.807) is 18.2 Å². The predicted molar refractivity (Wildman–Crippen MR) is 71.0 cm³/mol. The Labute approximate surface area is 114 Å². The average molecular weight is 275 g/mol. The van der Waals surface area contributed by atoms with Crippen molar-refractivity contribution in [1.82, 2.24) is 0 Å². The van der Waals surface area contributed by atoms with Gasteiger partial charge >= 0.3 is 0 Å². The zero-order valence-electron chi connectivity index (χ0n) is 10.5. The summed E-state index contributed by atoms with van der Waals surface area (Å²) < 4.78 is 33.6. The second-order valence-corrected chi connectivity index (χ2v) is 4.36. The fourth-order valence-electron chi connectivity index (χ4n) is 2.32. The lowest BCUT2D eigenvalue weighted by molar-refractivity contribution is 0.265. The monoisotopic (exact) mass is 275 g/mol. The fourth-order valence-corrected chi connectivity index (χ4v) is 2.32. The van der Waals surface area contributed by atoms with Crippen LogP contribution in [0.3, 0.4) is 0 Å². The van der Waals surface area contributed by atoms with Crippen LogP contribution in [0.15, 0.2) is 30.8 Å². The Morgan fingerprint density at radius 1 is 1.15 bits per heavy atom. The zero-order valence-corrected chi connectivity index (χ0v) is 10.5. The third-order valence-electron chi connectivity index (χ3n) is 3.33. The van der Waals surface area contributed by atoms with Gasteiger partial charge in [-0.05, 0) is 17.7 Å². The molecule has 20 heavy (non-hydrogen) atoms. The largest absolute Gasteiger partial charge is 0.485 e. The van der Waals surface area contributed by atoms with Gasteiger partial charge in [0, 0.05) is 16.7 Å². The molecule has 0 spiro atoms. The molecule has 3 rings (SSSR count). The second kappa shape index (κ2) is 4.61. The first-order chi connectivity index (χ1) is 9.67. The van der Waals surface area contributed by atoms with Gasteiger partial charge in [-0.15, -0.1) is 0 Å². The van der Waals surface area contributed by atoms with Crippen molar-refractivity contribution >= 4 is 6.08 Å². The summed E-state index contributed by atoms with van der Waals surface area (Å²) in [6.45, 7) is 3.50. The molecule has 1 heterocycles. The van der Waals surface area contributed by atoms with Crippen LogP contribution in [0.4, 0.5) is 8.78 Å². The molecule has 0 aliphatic carbocycles. The molecule has 3 nitrogen and oxygen atoms in total. The van der Waals surface area contributed by atoms with E-state index >= 15 is 0 Å². The van der Waals surface area contributed by atoms with Gasteiger partial charge in [0.1, 0.15) is 12.4 Å². The molecule has 0 atom stereocenters. The van der Waals surface area contributed by atoms with E-state index < -0.39 is 11.6 Å². The Bertz CT molecular complexity index is 714. The van der Waals surface area contributed by atoms with Gasteiger partial charge in [0.15, 0.2) is 11.5 Å². The number of hydrogen-bond donors (Lipinski definition) is 1. The number of halogens is 2. The van der Waals surface area contributed by atoms with Crippen LogP contribution in [-0.4, -0.2) is 0 Å². The Morgan fingerprint density at radius 3 is 2.60 bits per heavy atom. The molecule has 102 valence electrons. The molecule has 0 saturated carbocycles. The Balaban J connectivity index is 2.25. The number of fused-ring (bicyclic) bond motifs is 3. The zero-order chi connectivity index (χ0) is 14.3. The maximum absolute atomic E-state index is 14.2. The van der Waals surface area contributed by atoms with Crippen molar-refractivity contribution in [3.8, 4) is 22.6 Å². The Kier molecular flexibility index (Phi) is 2.91. The topological polar surface area (TPSA) is 44.5 Å². The highest BCUT2D eigenvalue weighted by atomic mass is 19.1. The standard InChI is InChI=1S/C15H11F2NO2/c1-2-8-3-4-9-10-5-6-12(20-18)14(17)15(10)19-7-11(9)13(8)16/h2-6H,1,7,18H2. The molecule has 0 saturated heterocycles. The van der Waals surface area contributed by atoms with Gasteiger partial charge in [-0.1, -0.05) is 24.8 Å². The van der Waals surface area contributed by atoms with Crippen LogP contribution in [0, 0.1) is 11.6 Å². The lowest BCUT2D eigenvalue weighted by Crippen LogP contribution is -2.12. The van der Waals surface area contributed by atoms with E-state index in [9.17, 15) is 8.78 Å². The Hall–Kier alpha value is -2.40. The number of benzene rings is 2. The lowest BCUT2D eigenvalue weighted by atomic mass is 9.94. The number of nitrogens with two attached hydrogens (primary N) is 1. The molecule has 5 heteroatoms. The normalized spacial score (nSPS) is 12.2. The van der Waals surface area contributed by atoms with Crippen LogP contribution >= 0.6 is 0 Å². The molecule has 0 fully saturated rings. The van der Waals surface area contributed by atoms with Crippen LogP contribution in [0.5, 0.6) is 11.5 Å².